The van der Waals surface area contributed by atoms with E-state index >= 15 is 0 Å². The fraction of sp³-hybridized carbons (Fsp3) is 0.500. The fourth-order valence-electron chi connectivity index (χ4n) is 2.17. The van der Waals surface area contributed by atoms with Gasteiger partial charge in [0.15, 0.2) is 0 Å². The van der Waals surface area contributed by atoms with Crippen LogP contribution in [0.15, 0.2) is 24.3 Å². The molecule has 1 aliphatic rings. The van der Waals surface area contributed by atoms with E-state index < -0.39 is 0 Å². The molecule has 2 rings (SSSR count). The number of hydrogen-bond donors (Lipinski definition) is 2. The summed E-state index contributed by atoms with van der Waals surface area (Å²) in [6, 6.07) is 7.21. The molecular weight excluding hydrogens is 264 g/mol. The Labute approximate surface area is 118 Å². The molecule has 2 unspecified atom stereocenters. The van der Waals surface area contributed by atoms with Gasteiger partial charge in [-0.1, -0.05) is 23.7 Å². The van der Waals surface area contributed by atoms with Crippen LogP contribution in [-0.4, -0.2) is 31.7 Å². The molecule has 19 heavy (non-hydrogen) atoms. The molecule has 0 aliphatic carbocycles. The van der Waals surface area contributed by atoms with E-state index in [2.05, 4.69) is 17.6 Å². The predicted molar refractivity (Wildman–Crippen MR) is 76.5 cm³/mol. The van der Waals surface area contributed by atoms with Gasteiger partial charge in [0.25, 0.3) is 0 Å². The molecule has 0 bridgehead atoms. The molecule has 2 atom stereocenters. The quantitative estimate of drug-likeness (QED) is 0.871. The summed E-state index contributed by atoms with van der Waals surface area (Å²) in [6.07, 6.45) is 1.33. The molecule has 0 aromatic heterocycles. The molecule has 1 saturated heterocycles. The number of halogens is 1. The normalized spacial score (nSPS) is 22.4. The van der Waals surface area contributed by atoms with E-state index in [9.17, 15) is 4.79 Å². The number of hydrogen-bond acceptors (Lipinski definition) is 3. The maximum Gasteiger partial charge on any atom is 0.238 e. The largest absolute Gasteiger partial charge is 0.378 e. The average molecular weight is 283 g/mol. The third-order valence-electron chi connectivity index (χ3n) is 3.37. The smallest absolute Gasteiger partial charge is 0.238 e. The van der Waals surface area contributed by atoms with E-state index in [-0.39, 0.29) is 18.6 Å². The van der Waals surface area contributed by atoms with Gasteiger partial charge in [-0.05, 0) is 31.4 Å². The van der Waals surface area contributed by atoms with Crippen molar-refractivity contribution in [1.82, 2.24) is 5.32 Å². The van der Waals surface area contributed by atoms with Crippen LogP contribution in [0.25, 0.3) is 0 Å². The van der Waals surface area contributed by atoms with Crippen LogP contribution in [0.4, 0.5) is 5.69 Å². The molecule has 1 aromatic rings. The van der Waals surface area contributed by atoms with Crippen molar-refractivity contribution >= 4 is 23.2 Å². The Balaban J connectivity index is 1.72. The Kier molecular flexibility index (Phi) is 5.19. The number of ether oxygens (including phenoxy) is 1. The Hall–Kier alpha value is -1.10. The Morgan fingerprint density at radius 1 is 1.47 bits per heavy atom. The van der Waals surface area contributed by atoms with Crippen molar-refractivity contribution in [1.29, 1.82) is 0 Å². The van der Waals surface area contributed by atoms with Crippen LogP contribution in [0.1, 0.15) is 13.3 Å². The molecular formula is C14H19ClN2O2. The minimum Gasteiger partial charge on any atom is -0.378 e. The minimum atomic E-state index is -0.0836. The van der Waals surface area contributed by atoms with Gasteiger partial charge in [-0.2, -0.15) is 0 Å². The molecule has 0 spiro atoms. The van der Waals surface area contributed by atoms with E-state index in [1.165, 1.54) is 0 Å². The maximum absolute atomic E-state index is 11.8. The first-order valence-corrected chi connectivity index (χ1v) is 6.91. The van der Waals surface area contributed by atoms with Crippen molar-refractivity contribution in [2.24, 2.45) is 5.92 Å². The van der Waals surface area contributed by atoms with Gasteiger partial charge in [0.2, 0.25) is 5.91 Å². The number of para-hydroxylation sites is 1. The van der Waals surface area contributed by atoms with Gasteiger partial charge in [-0.25, -0.2) is 0 Å². The highest BCUT2D eigenvalue weighted by molar-refractivity contribution is 6.33. The summed E-state index contributed by atoms with van der Waals surface area (Å²) in [7, 11) is 0. The highest BCUT2D eigenvalue weighted by Crippen LogP contribution is 2.20. The molecule has 0 radical (unpaired) electrons. The summed E-state index contributed by atoms with van der Waals surface area (Å²) >= 11 is 5.97. The van der Waals surface area contributed by atoms with Crippen molar-refractivity contribution in [3.8, 4) is 0 Å². The SMILES string of the molecule is CC1OCCC1CNCC(=O)Nc1ccccc1Cl. The lowest BCUT2D eigenvalue weighted by molar-refractivity contribution is -0.115. The van der Waals surface area contributed by atoms with E-state index in [0.29, 0.717) is 16.6 Å². The molecule has 5 heteroatoms. The number of carbonyl (C=O) groups is 1. The number of benzene rings is 1. The predicted octanol–water partition coefficient (Wildman–Crippen LogP) is 2.29. The molecule has 1 fully saturated rings. The number of anilines is 1. The van der Waals surface area contributed by atoms with Crippen LogP contribution in [0.5, 0.6) is 0 Å². The van der Waals surface area contributed by atoms with Gasteiger partial charge in [-0.15, -0.1) is 0 Å². The first kappa shape index (κ1) is 14.3. The average Bonchev–Trinajstić information content (AvgIpc) is 2.78. The van der Waals surface area contributed by atoms with Crippen LogP contribution >= 0.6 is 11.6 Å². The van der Waals surface area contributed by atoms with Crippen LogP contribution in [0, 0.1) is 5.92 Å². The lowest BCUT2D eigenvalue weighted by Gasteiger charge is -2.14. The summed E-state index contributed by atoms with van der Waals surface area (Å²) < 4.78 is 5.48. The Bertz CT molecular complexity index is 439. The number of rotatable bonds is 5. The number of carbonyl (C=O) groups excluding carboxylic acids is 1. The summed E-state index contributed by atoms with van der Waals surface area (Å²) in [4.78, 5) is 11.8. The molecule has 2 N–H and O–H groups in total. The summed E-state index contributed by atoms with van der Waals surface area (Å²) in [5, 5.41) is 6.49. The molecule has 0 saturated carbocycles. The molecule has 1 heterocycles. The van der Waals surface area contributed by atoms with Crippen LogP contribution < -0.4 is 10.6 Å². The highest BCUT2D eigenvalue weighted by atomic mass is 35.5. The first-order chi connectivity index (χ1) is 9.16. The Morgan fingerprint density at radius 2 is 2.26 bits per heavy atom. The van der Waals surface area contributed by atoms with Gasteiger partial charge in [0, 0.05) is 13.2 Å². The Morgan fingerprint density at radius 3 is 2.95 bits per heavy atom. The van der Waals surface area contributed by atoms with Crippen molar-refractivity contribution in [2.75, 3.05) is 25.0 Å². The second-order valence-corrected chi connectivity index (χ2v) is 5.19. The van der Waals surface area contributed by atoms with Gasteiger partial charge in [0.05, 0.1) is 23.4 Å². The topological polar surface area (TPSA) is 50.4 Å². The number of amides is 1. The minimum absolute atomic E-state index is 0.0836. The zero-order chi connectivity index (χ0) is 13.7. The second-order valence-electron chi connectivity index (χ2n) is 4.78. The summed E-state index contributed by atoms with van der Waals surface area (Å²) in [5.74, 6) is 0.410. The van der Waals surface area contributed by atoms with Gasteiger partial charge in [-0.3, -0.25) is 4.79 Å². The maximum atomic E-state index is 11.8. The number of nitrogens with one attached hydrogen (secondary N) is 2. The monoisotopic (exact) mass is 282 g/mol. The van der Waals surface area contributed by atoms with Crippen molar-refractivity contribution in [3.05, 3.63) is 29.3 Å². The molecule has 104 valence electrons. The standard InChI is InChI=1S/C14H19ClN2O2/c1-10-11(6-7-19-10)8-16-9-14(18)17-13-5-3-2-4-12(13)15/h2-5,10-11,16H,6-9H2,1H3,(H,17,18). The third-order valence-corrected chi connectivity index (χ3v) is 3.70. The molecule has 4 nitrogen and oxygen atoms in total. The van der Waals surface area contributed by atoms with E-state index in [4.69, 9.17) is 16.3 Å². The van der Waals surface area contributed by atoms with Crippen LogP contribution in [0.2, 0.25) is 5.02 Å². The van der Waals surface area contributed by atoms with Crippen molar-refractivity contribution < 1.29 is 9.53 Å². The van der Waals surface area contributed by atoms with Crippen molar-refractivity contribution in [2.45, 2.75) is 19.4 Å². The second kappa shape index (κ2) is 6.89. The third kappa shape index (κ3) is 4.20. The lowest BCUT2D eigenvalue weighted by atomic mass is 10.0. The fourth-order valence-corrected chi connectivity index (χ4v) is 2.36. The van der Waals surface area contributed by atoms with E-state index in [1.807, 2.05) is 12.1 Å². The molecule has 1 aromatic carbocycles. The van der Waals surface area contributed by atoms with Gasteiger partial charge >= 0.3 is 0 Å². The lowest BCUT2D eigenvalue weighted by Crippen LogP contribution is -2.33. The van der Waals surface area contributed by atoms with Gasteiger partial charge in [0.1, 0.15) is 0 Å². The molecule has 1 aliphatic heterocycles. The van der Waals surface area contributed by atoms with E-state index in [1.54, 1.807) is 12.1 Å². The summed E-state index contributed by atoms with van der Waals surface area (Å²) in [5.41, 5.74) is 0.647. The van der Waals surface area contributed by atoms with Gasteiger partial charge < -0.3 is 15.4 Å². The first-order valence-electron chi connectivity index (χ1n) is 6.53. The molecule has 1 amide bonds. The van der Waals surface area contributed by atoms with Crippen LogP contribution in [0.3, 0.4) is 0 Å². The van der Waals surface area contributed by atoms with Crippen LogP contribution in [-0.2, 0) is 9.53 Å². The van der Waals surface area contributed by atoms with E-state index in [0.717, 1.165) is 19.6 Å². The van der Waals surface area contributed by atoms with Crippen molar-refractivity contribution in [3.63, 3.8) is 0 Å². The summed E-state index contributed by atoms with van der Waals surface area (Å²) in [6.45, 7) is 3.98. The zero-order valence-corrected chi connectivity index (χ0v) is 11.7. The highest BCUT2D eigenvalue weighted by Gasteiger charge is 2.23. The zero-order valence-electron chi connectivity index (χ0n) is 11.0.